The van der Waals surface area contributed by atoms with E-state index in [1.807, 2.05) is 30.2 Å². The van der Waals surface area contributed by atoms with Gasteiger partial charge in [-0.15, -0.1) is 0 Å². The summed E-state index contributed by atoms with van der Waals surface area (Å²) >= 11 is 0. The van der Waals surface area contributed by atoms with Crippen molar-refractivity contribution in [1.29, 1.82) is 0 Å². The summed E-state index contributed by atoms with van der Waals surface area (Å²) in [7, 11) is 2.02. The van der Waals surface area contributed by atoms with Crippen molar-refractivity contribution in [3.05, 3.63) is 59.7 Å². The van der Waals surface area contributed by atoms with Crippen molar-refractivity contribution in [2.45, 2.75) is 31.9 Å². The van der Waals surface area contributed by atoms with Gasteiger partial charge >= 0.3 is 0 Å². The minimum atomic E-state index is 0.146. The van der Waals surface area contributed by atoms with Crippen molar-refractivity contribution in [1.82, 2.24) is 14.9 Å². The van der Waals surface area contributed by atoms with Crippen molar-refractivity contribution >= 4 is 6.08 Å². The van der Waals surface area contributed by atoms with E-state index in [0.29, 0.717) is 6.04 Å². The molecule has 1 aromatic carbocycles. The fraction of sp³-hybridized carbons (Fsp3) is 0.421. The summed E-state index contributed by atoms with van der Waals surface area (Å²) in [6.45, 7) is 3.89. The van der Waals surface area contributed by atoms with Gasteiger partial charge in [-0.05, 0) is 25.3 Å². The molecule has 2 heterocycles. The Kier molecular flexibility index (Phi) is 5.26. The summed E-state index contributed by atoms with van der Waals surface area (Å²) in [5, 5.41) is 3.68. The molecule has 23 heavy (non-hydrogen) atoms. The van der Waals surface area contributed by atoms with Crippen LogP contribution in [-0.4, -0.2) is 28.7 Å². The van der Waals surface area contributed by atoms with Gasteiger partial charge in [0.25, 0.3) is 0 Å². The zero-order chi connectivity index (χ0) is 16.1. The maximum atomic E-state index is 5.92. The maximum absolute atomic E-state index is 5.92. The first-order valence-corrected chi connectivity index (χ1v) is 8.26. The Labute approximate surface area is 138 Å². The molecule has 1 aliphatic rings. The molecule has 3 rings (SSSR count). The molecule has 1 N–H and O–H groups in total. The van der Waals surface area contributed by atoms with Gasteiger partial charge in [0.2, 0.25) is 0 Å². The molecular formula is C19H25N3O. The van der Waals surface area contributed by atoms with Gasteiger partial charge < -0.3 is 14.6 Å². The monoisotopic (exact) mass is 311 g/mol. The Balaban J connectivity index is 1.54. The normalized spacial score (nSPS) is 22.3. The molecule has 2 atom stereocenters. The number of nitrogens with one attached hydrogen (secondary N) is 1. The number of benzene rings is 1. The average molecular weight is 311 g/mol. The van der Waals surface area contributed by atoms with E-state index in [2.05, 4.69) is 47.6 Å². The van der Waals surface area contributed by atoms with E-state index in [1.54, 1.807) is 0 Å². The maximum Gasteiger partial charge on any atom is 0.100 e. The topological polar surface area (TPSA) is 39.1 Å². The van der Waals surface area contributed by atoms with E-state index in [1.165, 1.54) is 11.1 Å². The first kappa shape index (κ1) is 16.0. The van der Waals surface area contributed by atoms with Crippen molar-refractivity contribution in [2.75, 3.05) is 13.2 Å². The highest BCUT2D eigenvalue weighted by Crippen LogP contribution is 2.27. The van der Waals surface area contributed by atoms with Crippen LogP contribution in [0.25, 0.3) is 6.08 Å². The lowest BCUT2D eigenvalue weighted by Gasteiger charge is -2.30. The van der Waals surface area contributed by atoms with Crippen molar-refractivity contribution in [3.8, 4) is 0 Å². The highest BCUT2D eigenvalue weighted by molar-refractivity contribution is 5.52. The largest absolute Gasteiger partial charge is 0.372 e. The predicted molar refractivity (Wildman–Crippen MR) is 93.0 cm³/mol. The van der Waals surface area contributed by atoms with E-state index < -0.39 is 0 Å². The second kappa shape index (κ2) is 7.57. The second-order valence-electron chi connectivity index (χ2n) is 6.29. The quantitative estimate of drug-likeness (QED) is 0.920. The van der Waals surface area contributed by atoms with Gasteiger partial charge in [0, 0.05) is 26.2 Å². The Hall–Kier alpha value is -1.91. The number of ether oxygens (including phenoxy) is 1. The minimum absolute atomic E-state index is 0.146. The van der Waals surface area contributed by atoms with E-state index in [-0.39, 0.29) is 6.10 Å². The highest BCUT2D eigenvalue weighted by Gasteiger charge is 2.25. The molecule has 2 aromatic rings. The highest BCUT2D eigenvalue weighted by atomic mass is 16.5. The van der Waals surface area contributed by atoms with Gasteiger partial charge in [-0.1, -0.05) is 42.0 Å². The Bertz CT molecular complexity index is 648. The first-order chi connectivity index (χ1) is 11.2. The van der Waals surface area contributed by atoms with Crippen LogP contribution in [0.2, 0.25) is 0 Å². The van der Waals surface area contributed by atoms with Gasteiger partial charge in [0.15, 0.2) is 0 Å². The van der Waals surface area contributed by atoms with Crippen LogP contribution in [0.4, 0.5) is 0 Å². The molecule has 4 heteroatoms. The number of hydrogen-bond acceptors (Lipinski definition) is 3. The zero-order valence-corrected chi connectivity index (χ0v) is 13.9. The molecule has 0 amide bonds. The van der Waals surface area contributed by atoms with Crippen LogP contribution in [0.5, 0.6) is 0 Å². The van der Waals surface area contributed by atoms with Crippen LogP contribution >= 0.6 is 0 Å². The Morgan fingerprint density at radius 3 is 2.96 bits per heavy atom. The molecule has 122 valence electrons. The van der Waals surface area contributed by atoms with Crippen molar-refractivity contribution in [2.24, 2.45) is 7.05 Å². The van der Waals surface area contributed by atoms with Gasteiger partial charge in [0.1, 0.15) is 6.10 Å². The number of nitrogens with zero attached hydrogens (tertiary/aromatic N) is 2. The Morgan fingerprint density at radius 2 is 2.22 bits per heavy atom. The third-order valence-corrected chi connectivity index (χ3v) is 4.35. The molecular weight excluding hydrogens is 286 g/mol. The summed E-state index contributed by atoms with van der Waals surface area (Å²) in [5.74, 6) is 0. The first-order valence-electron chi connectivity index (χ1n) is 8.26. The van der Waals surface area contributed by atoms with Crippen LogP contribution < -0.4 is 5.32 Å². The van der Waals surface area contributed by atoms with Crippen molar-refractivity contribution < 1.29 is 4.74 Å². The summed E-state index contributed by atoms with van der Waals surface area (Å²) in [5.41, 5.74) is 3.76. The average Bonchev–Trinajstić information content (AvgIpc) is 3.00. The molecule has 1 fully saturated rings. The molecule has 2 unspecified atom stereocenters. The lowest BCUT2D eigenvalue weighted by atomic mass is 10.0. The van der Waals surface area contributed by atoms with Crippen LogP contribution in [-0.2, 0) is 11.8 Å². The number of aromatic nitrogens is 2. The number of hydrogen-bond donors (Lipinski definition) is 1. The lowest BCUT2D eigenvalue weighted by molar-refractivity contribution is -0.00324. The van der Waals surface area contributed by atoms with Crippen LogP contribution in [0.1, 0.15) is 37.1 Å². The SMILES string of the molecule is C/C(=C\c1ccccc1)CNC1CCOC(c2cncn2C)C1. The molecule has 1 saturated heterocycles. The van der Waals surface area contributed by atoms with Gasteiger partial charge in [-0.2, -0.15) is 0 Å². The van der Waals surface area contributed by atoms with Crippen LogP contribution in [0.3, 0.4) is 0 Å². The molecule has 4 nitrogen and oxygen atoms in total. The van der Waals surface area contributed by atoms with E-state index in [9.17, 15) is 0 Å². The molecule has 0 spiro atoms. The molecule has 1 aliphatic heterocycles. The standard InChI is InChI=1S/C19H25N3O/c1-15(10-16-6-4-3-5-7-16)12-21-17-8-9-23-19(11-17)18-13-20-14-22(18)2/h3-7,10,13-14,17,19,21H,8-9,11-12H2,1-2H3/b15-10+. The molecule has 1 aromatic heterocycles. The zero-order valence-electron chi connectivity index (χ0n) is 13.9. The smallest absolute Gasteiger partial charge is 0.100 e. The van der Waals surface area contributed by atoms with E-state index in [4.69, 9.17) is 4.74 Å². The van der Waals surface area contributed by atoms with Gasteiger partial charge in [-0.25, -0.2) is 4.98 Å². The lowest BCUT2D eigenvalue weighted by Crippen LogP contribution is -2.37. The van der Waals surface area contributed by atoms with Crippen LogP contribution in [0.15, 0.2) is 48.4 Å². The summed E-state index contributed by atoms with van der Waals surface area (Å²) < 4.78 is 7.97. The van der Waals surface area contributed by atoms with E-state index in [0.717, 1.165) is 31.7 Å². The third kappa shape index (κ3) is 4.30. The van der Waals surface area contributed by atoms with Crippen molar-refractivity contribution in [3.63, 3.8) is 0 Å². The fourth-order valence-electron chi connectivity index (χ4n) is 3.06. The predicted octanol–water partition coefficient (Wildman–Crippen LogP) is 3.33. The third-order valence-electron chi connectivity index (χ3n) is 4.35. The summed E-state index contributed by atoms with van der Waals surface area (Å²) in [4.78, 5) is 4.20. The molecule has 0 aliphatic carbocycles. The number of imidazole rings is 1. The van der Waals surface area contributed by atoms with Gasteiger partial charge in [0.05, 0.1) is 18.2 Å². The number of aryl methyl sites for hydroxylation is 1. The second-order valence-corrected chi connectivity index (χ2v) is 6.29. The summed E-state index contributed by atoms with van der Waals surface area (Å²) in [6, 6.07) is 11.0. The molecule has 0 radical (unpaired) electrons. The fourth-order valence-corrected chi connectivity index (χ4v) is 3.06. The van der Waals surface area contributed by atoms with Gasteiger partial charge in [-0.3, -0.25) is 0 Å². The Morgan fingerprint density at radius 1 is 1.39 bits per heavy atom. The molecule has 0 saturated carbocycles. The molecule has 0 bridgehead atoms. The minimum Gasteiger partial charge on any atom is -0.372 e. The van der Waals surface area contributed by atoms with E-state index >= 15 is 0 Å². The van der Waals surface area contributed by atoms with Crippen LogP contribution in [0, 0.1) is 0 Å². The number of rotatable bonds is 5. The summed E-state index contributed by atoms with van der Waals surface area (Å²) in [6.07, 6.45) is 8.19.